The molecular formula is C12H21NO2S. The van der Waals surface area contributed by atoms with Crippen LogP contribution in [0.15, 0.2) is 0 Å². The summed E-state index contributed by atoms with van der Waals surface area (Å²) in [5.41, 5.74) is -0.303. The highest BCUT2D eigenvalue weighted by molar-refractivity contribution is 7.99. The molecule has 0 aromatic carbocycles. The van der Waals surface area contributed by atoms with Crippen LogP contribution in [0.4, 0.5) is 0 Å². The lowest BCUT2D eigenvalue weighted by Gasteiger charge is -2.37. The normalized spacial score (nSPS) is 28.9. The summed E-state index contributed by atoms with van der Waals surface area (Å²) in [7, 11) is 0. The first kappa shape index (κ1) is 12.2. The Hall–Kier alpha value is -0.220. The average molecular weight is 243 g/mol. The number of aliphatic hydroxyl groups is 1. The predicted molar refractivity (Wildman–Crippen MR) is 66.5 cm³/mol. The molecule has 1 saturated heterocycles. The van der Waals surface area contributed by atoms with Crippen molar-refractivity contribution < 1.29 is 9.90 Å². The topological polar surface area (TPSA) is 49.3 Å². The molecule has 1 aliphatic carbocycles. The number of hydrogen-bond donors (Lipinski definition) is 2. The van der Waals surface area contributed by atoms with Crippen LogP contribution in [0.2, 0.25) is 0 Å². The van der Waals surface area contributed by atoms with Crippen molar-refractivity contribution >= 4 is 17.7 Å². The molecular weight excluding hydrogens is 222 g/mol. The Morgan fingerprint density at radius 3 is 2.69 bits per heavy atom. The number of amides is 1. The molecule has 1 heterocycles. The van der Waals surface area contributed by atoms with Crippen molar-refractivity contribution in [3.05, 3.63) is 0 Å². The summed E-state index contributed by atoms with van der Waals surface area (Å²) < 4.78 is 0. The van der Waals surface area contributed by atoms with Crippen LogP contribution in [0.25, 0.3) is 0 Å². The lowest BCUT2D eigenvalue weighted by Crippen LogP contribution is -2.54. The maximum atomic E-state index is 12.0. The number of nitrogens with one attached hydrogen (secondary N) is 1. The van der Waals surface area contributed by atoms with Gasteiger partial charge in [-0.1, -0.05) is 19.3 Å². The van der Waals surface area contributed by atoms with Crippen LogP contribution in [-0.2, 0) is 4.79 Å². The Morgan fingerprint density at radius 2 is 2.12 bits per heavy atom. The first-order valence-corrected chi connectivity index (χ1v) is 7.42. The van der Waals surface area contributed by atoms with E-state index in [4.69, 9.17) is 0 Å². The SMILES string of the molecule is O=C(NC1(CO)CCCCC1)C1CCSC1. The Morgan fingerprint density at radius 1 is 1.38 bits per heavy atom. The Balaban J connectivity index is 1.91. The molecule has 0 aromatic rings. The van der Waals surface area contributed by atoms with Gasteiger partial charge in [-0.25, -0.2) is 0 Å². The number of thioether (sulfide) groups is 1. The fraction of sp³-hybridized carbons (Fsp3) is 0.917. The van der Waals surface area contributed by atoms with Crippen molar-refractivity contribution in [2.75, 3.05) is 18.1 Å². The molecule has 3 nitrogen and oxygen atoms in total. The minimum atomic E-state index is -0.303. The molecule has 2 rings (SSSR count). The van der Waals surface area contributed by atoms with Gasteiger partial charge >= 0.3 is 0 Å². The van der Waals surface area contributed by atoms with E-state index in [1.807, 2.05) is 11.8 Å². The van der Waals surface area contributed by atoms with E-state index >= 15 is 0 Å². The molecule has 2 aliphatic rings. The molecule has 0 bridgehead atoms. The standard InChI is InChI=1S/C12H21NO2S/c14-9-12(5-2-1-3-6-12)13-11(15)10-4-7-16-8-10/h10,14H,1-9H2,(H,13,15). The summed E-state index contributed by atoms with van der Waals surface area (Å²) in [6, 6.07) is 0. The second kappa shape index (κ2) is 5.41. The summed E-state index contributed by atoms with van der Waals surface area (Å²) in [5.74, 6) is 2.40. The third-order valence-corrected chi connectivity index (χ3v) is 4.96. The van der Waals surface area contributed by atoms with E-state index in [9.17, 15) is 9.90 Å². The number of rotatable bonds is 3. The van der Waals surface area contributed by atoms with Gasteiger partial charge in [0.05, 0.1) is 12.1 Å². The molecule has 2 N–H and O–H groups in total. The van der Waals surface area contributed by atoms with Crippen molar-refractivity contribution in [3.8, 4) is 0 Å². The van der Waals surface area contributed by atoms with Gasteiger partial charge in [0.1, 0.15) is 0 Å². The molecule has 1 saturated carbocycles. The van der Waals surface area contributed by atoms with Crippen LogP contribution in [0.3, 0.4) is 0 Å². The smallest absolute Gasteiger partial charge is 0.224 e. The Bertz CT molecular complexity index is 245. The fourth-order valence-corrected chi connectivity index (χ4v) is 3.88. The Labute approximate surface area is 101 Å². The van der Waals surface area contributed by atoms with E-state index in [1.54, 1.807) is 0 Å². The van der Waals surface area contributed by atoms with Gasteiger partial charge in [0, 0.05) is 11.7 Å². The van der Waals surface area contributed by atoms with Crippen molar-refractivity contribution in [1.82, 2.24) is 5.32 Å². The molecule has 16 heavy (non-hydrogen) atoms. The van der Waals surface area contributed by atoms with Crippen molar-refractivity contribution in [2.45, 2.75) is 44.1 Å². The molecule has 0 spiro atoms. The zero-order valence-electron chi connectivity index (χ0n) is 9.71. The molecule has 4 heteroatoms. The largest absolute Gasteiger partial charge is 0.394 e. The first-order chi connectivity index (χ1) is 7.76. The summed E-state index contributed by atoms with van der Waals surface area (Å²) in [4.78, 5) is 12.0. The Kier molecular flexibility index (Phi) is 4.14. The number of carbonyl (C=O) groups is 1. The van der Waals surface area contributed by atoms with Gasteiger partial charge in [0.2, 0.25) is 5.91 Å². The van der Waals surface area contributed by atoms with Crippen molar-refractivity contribution in [3.63, 3.8) is 0 Å². The van der Waals surface area contributed by atoms with E-state index in [0.717, 1.165) is 43.6 Å². The van der Waals surface area contributed by atoms with E-state index in [-0.39, 0.29) is 24.0 Å². The third-order valence-electron chi connectivity index (χ3n) is 3.80. The molecule has 1 atom stereocenters. The van der Waals surface area contributed by atoms with Gasteiger partial charge in [-0.2, -0.15) is 11.8 Å². The van der Waals surface area contributed by atoms with Crippen LogP contribution < -0.4 is 5.32 Å². The maximum Gasteiger partial charge on any atom is 0.224 e. The minimum absolute atomic E-state index is 0.0958. The predicted octanol–water partition coefficient (Wildman–Crippen LogP) is 1.55. The quantitative estimate of drug-likeness (QED) is 0.790. The fourth-order valence-electron chi connectivity index (χ4n) is 2.66. The molecule has 92 valence electrons. The van der Waals surface area contributed by atoms with Crippen LogP contribution >= 0.6 is 11.8 Å². The summed E-state index contributed by atoms with van der Waals surface area (Å²) >= 11 is 1.86. The molecule has 2 fully saturated rings. The summed E-state index contributed by atoms with van der Waals surface area (Å²) in [6.07, 6.45) is 6.36. The first-order valence-electron chi connectivity index (χ1n) is 6.26. The van der Waals surface area contributed by atoms with Gasteiger partial charge in [0.15, 0.2) is 0 Å². The van der Waals surface area contributed by atoms with Gasteiger partial charge in [0.25, 0.3) is 0 Å². The van der Waals surface area contributed by atoms with Crippen molar-refractivity contribution in [1.29, 1.82) is 0 Å². The number of aliphatic hydroxyl groups excluding tert-OH is 1. The van der Waals surface area contributed by atoms with E-state index in [1.165, 1.54) is 6.42 Å². The van der Waals surface area contributed by atoms with E-state index in [0.29, 0.717) is 0 Å². The highest BCUT2D eigenvalue weighted by atomic mass is 32.2. The maximum absolute atomic E-state index is 12.0. The molecule has 1 amide bonds. The highest BCUT2D eigenvalue weighted by Gasteiger charge is 2.35. The highest BCUT2D eigenvalue weighted by Crippen LogP contribution is 2.30. The zero-order chi connectivity index (χ0) is 11.4. The van der Waals surface area contributed by atoms with Gasteiger partial charge in [-0.15, -0.1) is 0 Å². The van der Waals surface area contributed by atoms with E-state index in [2.05, 4.69) is 5.32 Å². The third kappa shape index (κ3) is 2.72. The average Bonchev–Trinajstić information content (AvgIpc) is 2.84. The van der Waals surface area contributed by atoms with Crippen LogP contribution in [0.1, 0.15) is 38.5 Å². The van der Waals surface area contributed by atoms with Crippen LogP contribution in [-0.4, -0.2) is 34.7 Å². The second-order valence-electron chi connectivity index (χ2n) is 5.05. The summed E-state index contributed by atoms with van der Waals surface area (Å²) in [5, 5.41) is 12.6. The van der Waals surface area contributed by atoms with Gasteiger partial charge < -0.3 is 10.4 Å². The monoisotopic (exact) mass is 243 g/mol. The second-order valence-corrected chi connectivity index (χ2v) is 6.20. The zero-order valence-corrected chi connectivity index (χ0v) is 10.5. The van der Waals surface area contributed by atoms with Crippen LogP contribution in [0.5, 0.6) is 0 Å². The lowest BCUT2D eigenvalue weighted by atomic mass is 9.82. The van der Waals surface area contributed by atoms with Gasteiger partial charge in [-0.05, 0) is 25.0 Å². The molecule has 1 aliphatic heterocycles. The minimum Gasteiger partial charge on any atom is -0.394 e. The van der Waals surface area contributed by atoms with Gasteiger partial charge in [-0.3, -0.25) is 4.79 Å². The van der Waals surface area contributed by atoms with Crippen molar-refractivity contribution in [2.24, 2.45) is 5.92 Å². The summed E-state index contributed by atoms with van der Waals surface area (Å²) in [6.45, 7) is 0.0958. The number of carbonyl (C=O) groups excluding carboxylic acids is 1. The lowest BCUT2D eigenvalue weighted by molar-refractivity contribution is -0.127. The number of hydrogen-bond acceptors (Lipinski definition) is 3. The van der Waals surface area contributed by atoms with E-state index < -0.39 is 0 Å². The molecule has 1 unspecified atom stereocenters. The van der Waals surface area contributed by atoms with Crippen LogP contribution in [0, 0.1) is 5.92 Å². The molecule has 0 radical (unpaired) electrons. The molecule has 0 aromatic heterocycles.